The molecule has 9 heteroatoms. The van der Waals surface area contributed by atoms with Crippen molar-refractivity contribution in [2.75, 3.05) is 5.32 Å². The lowest BCUT2D eigenvalue weighted by atomic mass is 10.2. The van der Waals surface area contributed by atoms with Crippen molar-refractivity contribution in [2.24, 2.45) is 4.99 Å². The number of carbonyl (C=O) groups excluding carboxylic acids is 2. The van der Waals surface area contributed by atoms with Gasteiger partial charge in [0, 0.05) is 16.3 Å². The van der Waals surface area contributed by atoms with Gasteiger partial charge >= 0.3 is 0 Å². The van der Waals surface area contributed by atoms with Crippen LogP contribution in [-0.4, -0.2) is 34.3 Å². The Morgan fingerprint density at radius 2 is 1.91 bits per heavy atom. The number of halogens is 1. The normalized spacial score (nSPS) is 16.6. The van der Waals surface area contributed by atoms with Crippen molar-refractivity contribution in [3.63, 3.8) is 0 Å². The van der Waals surface area contributed by atoms with Gasteiger partial charge in [-0.1, -0.05) is 15.9 Å². The molecule has 3 rings (SSSR count). The average molecular weight is 364 g/mol. The number of hydrogen-bond acceptors (Lipinski definition) is 4. The van der Waals surface area contributed by atoms with Crippen LogP contribution >= 0.6 is 15.9 Å². The monoisotopic (exact) mass is 363 g/mol. The van der Waals surface area contributed by atoms with Gasteiger partial charge in [0.15, 0.2) is 11.5 Å². The summed E-state index contributed by atoms with van der Waals surface area (Å²) in [5.74, 6) is -0.754. The van der Waals surface area contributed by atoms with Crippen molar-refractivity contribution in [2.45, 2.75) is 6.04 Å². The Balaban J connectivity index is 1.79. The molecular formula is C13H10BrN5O3. The van der Waals surface area contributed by atoms with E-state index in [1.54, 1.807) is 24.3 Å². The van der Waals surface area contributed by atoms with Crippen LogP contribution in [0.4, 0.5) is 11.5 Å². The third kappa shape index (κ3) is 2.70. The Kier molecular flexibility index (Phi) is 3.63. The number of nitrogens with zero attached hydrogens (tertiary/aromatic N) is 1. The fourth-order valence-corrected chi connectivity index (χ4v) is 2.17. The highest BCUT2D eigenvalue weighted by Gasteiger charge is 2.25. The summed E-state index contributed by atoms with van der Waals surface area (Å²) in [6.07, 6.45) is 1.27. The standard InChI is InChI=1S/C13H10BrN5O3/c14-7-3-1-6(2-4-7)11(20)16-8-5-15-10-9(17-12(8)21)13(22)19-18-10/h1-5,8H,(H,16,20)(H,17,21)(H2,18,19,22)/t8-/m1/s1. The number of carbonyl (C=O) groups is 2. The predicted molar refractivity (Wildman–Crippen MR) is 83.6 cm³/mol. The van der Waals surface area contributed by atoms with Gasteiger partial charge in [-0.25, -0.2) is 4.99 Å². The Labute approximate surface area is 132 Å². The molecule has 4 N–H and O–H groups in total. The predicted octanol–water partition coefficient (Wildman–Crippen LogP) is 0.918. The minimum atomic E-state index is -0.976. The Bertz CT molecular complexity index is 821. The number of amides is 2. The van der Waals surface area contributed by atoms with E-state index in [9.17, 15) is 14.4 Å². The highest BCUT2D eigenvalue weighted by Crippen LogP contribution is 2.18. The average Bonchev–Trinajstić information content (AvgIpc) is 2.75. The van der Waals surface area contributed by atoms with E-state index in [-0.39, 0.29) is 11.5 Å². The molecule has 1 aliphatic rings. The summed E-state index contributed by atoms with van der Waals surface area (Å²) in [4.78, 5) is 39.6. The zero-order valence-corrected chi connectivity index (χ0v) is 12.6. The number of rotatable bonds is 2. The van der Waals surface area contributed by atoms with E-state index in [2.05, 4.69) is 41.8 Å². The third-order valence-electron chi connectivity index (χ3n) is 3.03. The van der Waals surface area contributed by atoms with Gasteiger partial charge in [-0.15, -0.1) is 0 Å². The van der Waals surface area contributed by atoms with Gasteiger partial charge in [-0.3, -0.25) is 24.6 Å². The number of aromatic nitrogens is 2. The lowest BCUT2D eigenvalue weighted by Gasteiger charge is -2.12. The second-order valence-electron chi connectivity index (χ2n) is 4.53. The maximum atomic E-state index is 12.1. The van der Waals surface area contributed by atoms with Gasteiger partial charge in [0.05, 0.1) is 0 Å². The number of anilines is 1. The van der Waals surface area contributed by atoms with Crippen LogP contribution < -0.4 is 16.2 Å². The fraction of sp³-hybridized carbons (Fsp3) is 0.0769. The molecule has 0 fully saturated rings. The molecule has 0 saturated carbocycles. The molecule has 0 unspecified atom stereocenters. The molecule has 2 aromatic rings. The zero-order valence-electron chi connectivity index (χ0n) is 11.0. The maximum absolute atomic E-state index is 12.1. The molecule has 22 heavy (non-hydrogen) atoms. The second-order valence-corrected chi connectivity index (χ2v) is 5.44. The SMILES string of the molecule is O=C(N[C@@H]1C=Nc2[nH][nH]c(=O)c2NC1=O)c1ccc(Br)cc1. The van der Waals surface area contributed by atoms with Gasteiger partial charge in [0.25, 0.3) is 17.4 Å². The van der Waals surface area contributed by atoms with Gasteiger partial charge in [-0.2, -0.15) is 0 Å². The number of fused-ring (bicyclic) bond motifs is 1. The summed E-state index contributed by atoms with van der Waals surface area (Å²) in [5.41, 5.74) is -0.0490. The molecule has 0 bridgehead atoms. The smallest absolute Gasteiger partial charge is 0.290 e. The quantitative estimate of drug-likeness (QED) is 0.634. The first-order chi connectivity index (χ1) is 10.5. The fourth-order valence-electron chi connectivity index (χ4n) is 1.91. The van der Waals surface area contributed by atoms with Gasteiger partial charge in [0.1, 0.15) is 6.04 Å². The molecule has 8 nitrogen and oxygen atoms in total. The van der Waals surface area contributed by atoms with Gasteiger partial charge < -0.3 is 10.6 Å². The molecule has 1 aliphatic heterocycles. The van der Waals surface area contributed by atoms with E-state index in [0.717, 1.165) is 4.47 Å². The van der Waals surface area contributed by atoms with Crippen LogP contribution in [0.15, 0.2) is 38.5 Å². The minimum Gasteiger partial charge on any atom is -0.336 e. The Morgan fingerprint density at radius 1 is 1.18 bits per heavy atom. The summed E-state index contributed by atoms with van der Waals surface area (Å²) < 4.78 is 0.843. The number of aliphatic imine (C=N–C) groups is 1. The van der Waals surface area contributed by atoms with E-state index in [4.69, 9.17) is 0 Å². The largest absolute Gasteiger partial charge is 0.336 e. The van der Waals surface area contributed by atoms with Crippen LogP contribution in [0.3, 0.4) is 0 Å². The zero-order chi connectivity index (χ0) is 15.7. The number of aromatic amines is 2. The summed E-state index contributed by atoms with van der Waals surface area (Å²) in [6.45, 7) is 0. The minimum absolute atomic E-state index is 0.0293. The molecule has 2 amide bonds. The molecule has 1 aromatic carbocycles. The van der Waals surface area contributed by atoms with Crippen molar-refractivity contribution < 1.29 is 9.59 Å². The molecule has 112 valence electrons. The molecule has 1 aromatic heterocycles. The molecule has 0 radical (unpaired) electrons. The first kappa shape index (κ1) is 14.3. The van der Waals surface area contributed by atoms with Crippen molar-refractivity contribution in [3.8, 4) is 0 Å². The van der Waals surface area contributed by atoms with E-state index < -0.39 is 23.4 Å². The highest BCUT2D eigenvalue weighted by molar-refractivity contribution is 9.10. The van der Waals surface area contributed by atoms with Crippen molar-refractivity contribution >= 4 is 45.5 Å². The number of nitrogens with one attached hydrogen (secondary N) is 4. The van der Waals surface area contributed by atoms with Crippen molar-refractivity contribution in [1.29, 1.82) is 0 Å². The molecule has 1 atom stereocenters. The molecule has 0 aliphatic carbocycles. The van der Waals surface area contributed by atoms with Gasteiger partial charge in [-0.05, 0) is 24.3 Å². The van der Waals surface area contributed by atoms with Crippen LogP contribution in [0.25, 0.3) is 0 Å². The van der Waals surface area contributed by atoms with E-state index in [0.29, 0.717) is 5.56 Å². The van der Waals surface area contributed by atoms with E-state index in [1.807, 2.05) is 0 Å². The first-order valence-electron chi connectivity index (χ1n) is 6.27. The Hall–Kier alpha value is -2.68. The van der Waals surface area contributed by atoms with Gasteiger partial charge in [0.2, 0.25) is 0 Å². The second kappa shape index (κ2) is 5.60. The molecule has 0 spiro atoms. The summed E-state index contributed by atoms with van der Waals surface area (Å²) >= 11 is 3.28. The Morgan fingerprint density at radius 3 is 2.64 bits per heavy atom. The lowest BCUT2D eigenvalue weighted by Crippen LogP contribution is -2.44. The summed E-state index contributed by atoms with van der Waals surface area (Å²) in [5, 5.41) is 9.82. The first-order valence-corrected chi connectivity index (χ1v) is 7.06. The summed E-state index contributed by atoms with van der Waals surface area (Å²) in [6, 6.07) is 5.72. The van der Waals surface area contributed by atoms with Crippen LogP contribution in [0, 0.1) is 0 Å². The van der Waals surface area contributed by atoms with Crippen molar-refractivity contribution in [1.82, 2.24) is 15.5 Å². The van der Waals surface area contributed by atoms with Crippen LogP contribution in [0.2, 0.25) is 0 Å². The van der Waals surface area contributed by atoms with Crippen LogP contribution in [-0.2, 0) is 4.79 Å². The summed E-state index contributed by atoms with van der Waals surface area (Å²) in [7, 11) is 0. The topological polar surface area (TPSA) is 119 Å². The maximum Gasteiger partial charge on any atom is 0.290 e. The number of H-pyrrole nitrogens is 2. The number of benzene rings is 1. The molecular weight excluding hydrogens is 354 g/mol. The highest BCUT2D eigenvalue weighted by atomic mass is 79.9. The number of hydrogen-bond donors (Lipinski definition) is 4. The molecule has 2 heterocycles. The van der Waals surface area contributed by atoms with Crippen LogP contribution in [0.5, 0.6) is 0 Å². The third-order valence-corrected chi connectivity index (χ3v) is 3.56. The van der Waals surface area contributed by atoms with Crippen LogP contribution in [0.1, 0.15) is 10.4 Å². The lowest BCUT2D eigenvalue weighted by molar-refractivity contribution is -0.116. The van der Waals surface area contributed by atoms with E-state index in [1.165, 1.54) is 6.21 Å². The molecule has 0 saturated heterocycles. The van der Waals surface area contributed by atoms with E-state index >= 15 is 0 Å². The van der Waals surface area contributed by atoms with Crippen molar-refractivity contribution in [3.05, 3.63) is 44.7 Å².